The quantitative estimate of drug-likeness (QED) is 0.719. The summed E-state index contributed by atoms with van der Waals surface area (Å²) in [6.45, 7) is 7.87. The molecule has 1 amide bonds. The van der Waals surface area contributed by atoms with E-state index in [-0.39, 0.29) is 11.3 Å². The molecule has 1 saturated heterocycles. The highest BCUT2D eigenvalue weighted by molar-refractivity contribution is 5.83. The van der Waals surface area contributed by atoms with Gasteiger partial charge in [0.1, 0.15) is 5.75 Å². The summed E-state index contributed by atoms with van der Waals surface area (Å²) in [7, 11) is 1.67. The van der Waals surface area contributed by atoms with Crippen molar-refractivity contribution in [2.24, 2.45) is 11.3 Å². The lowest BCUT2D eigenvalue weighted by Crippen LogP contribution is -2.50. The molecule has 0 aliphatic carbocycles. The zero-order chi connectivity index (χ0) is 18.1. The second kappa shape index (κ2) is 9.78. The largest absolute Gasteiger partial charge is 0.493 e. The number of nitrogens with one attached hydrogen (secondary N) is 2. The molecule has 1 aliphatic heterocycles. The number of carbonyl (C=O) groups is 1. The van der Waals surface area contributed by atoms with Gasteiger partial charge in [0.2, 0.25) is 5.91 Å². The Labute approximate surface area is 151 Å². The first kappa shape index (κ1) is 19.7. The summed E-state index contributed by atoms with van der Waals surface area (Å²) in [6.07, 6.45) is 2.47. The van der Waals surface area contributed by atoms with E-state index in [1.165, 1.54) is 5.56 Å². The van der Waals surface area contributed by atoms with Gasteiger partial charge in [-0.25, -0.2) is 0 Å². The van der Waals surface area contributed by atoms with Crippen molar-refractivity contribution in [3.8, 4) is 5.75 Å². The van der Waals surface area contributed by atoms with Crippen LogP contribution >= 0.6 is 0 Å². The van der Waals surface area contributed by atoms with Gasteiger partial charge in [-0.1, -0.05) is 26.0 Å². The van der Waals surface area contributed by atoms with Gasteiger partial charge in [-0.15, -0.1) is 0 Å². The zero-order valence-electron chi connectivity index (χ0n) is 15.8. The highest BCUT2D eigenvalue weighted by atomic mass is 16.5. The summed E-state index contributed by atoms with van der Waals surface area (Å²) in [5, 5.41) is 6.41. The van der Waals surface area contributed by atoms with E-state index in [1.54, 1.807) is 7.11 Å². The first-order valence-corrected chi connectivity index (χ1v) is 9.25. The highest BCUT2D eigenvalue weighted by Gasteiger charge is 2.39. The monoisotopic (exact) mass is 348 g/mol. The average Bonchev–Trinajstić information content (AvgIpc) is 2.62. The first-order chi connectivity index (χ1) is 12.1. The maximum absolute atomic E-state index is 12.7. The lowest BCUT2D eigenvalue weighted by atomic mass is 9.78. The molecule has 5 nitrogen and oxygen atoms in total. The third kappa shape index (κ3) is 6.01. The number of benzene rings is 1. The van der Waals surface area contributed by atoms with Crippen molar-refractivity contribution in [2.75, 3.05) is 40.0 Å². The summed E-state index contributed by atoms with van der Waals surface area (Å²) >= 11 is 0. The van der Waals surface area contributed by atoms with Crippen LogP contribution in [0.25, 0.3) is 0 Å². The van der Waals surface area contributed by atoms with E-state index in [0.717, 1.165) is 44.7 Å². The molecular formula is C20H32N2O3. The Morgan fingerprint density at radius 3 is 2.52 bits per heavy atom. The number of methoxy groups -OCH3 is 1. The molecule has 5 heteroatoms. The number of rotatable bonds is 9. The molecule has 2 rings (SSSR count). The Morgan fingerprint density at radius 2 is 1.92 bits per heavy atom. The van der Waals surface area contributed by atoms with E-state index in [9.17, 15) is 4.79 Å². The van der Waals surface area contributed by atoms with Crippen LogP contribution < -0.4 is 15.4 Å². The van der Waals surface area contributed by atoms with Crippen LogP contribution in [0, 0.1) is 11.3 Å². The minimum atomic E-state index is -0.380. The molecular weight excluding hydrogens is 316 g/mol. The molecule has 1 aromatic rings. The van der Waals surface area contributed by atoms with Crippen LogP contribution in [0.4, 0.5) is 0 Å². The minimum Gasteiger partial charge on any atom is -0.493 e. The van der Waals surface area contributed by atoms with E-state index < -0.39 is 0 Å². The Bertz CT molecular complexity index is 517. The van der Waals surface area contributed by atoms with Crippen molar-refractivity contribution < 1.29 is 14.3 Å². The van der Waals surface area contributed by atoms with Crippen LogP contribution in [0.3, 0.4) is 0 Å². The van der Waals surface area contributed by atoms with Crippen LogP contribution in [0.15, 0.2) is 24.3 Å². The van der Waals surface area contributed by atoms with Crippen molar-refractivity contribution in [1.29, 1.82) is 0 Å². The van der Waals surface area contributed by atoms with E-state index in [0.29, 0.717) is 19.1 Å². The van der Waals surface area contributed by atoms with Gasteiger partial charge < -0.3 is 20.1 Å². The predicted molar refractivity (Wildman–Crippen MR) is 99.9 cm³/mol. The standard InChI is InChI=1S/C20H32N2O3/c1-16(2)14-25-18-6-4-17(5-7-18)8-11-22-19(23)20(15-24-3)9-12-21-13-10-20/h4-7,16,21H,8-15H2,1-3H3,(H,22,23). The Hall–Kier alpha value is -1.59. The summed E-state index contributed by atoms with van der Waals surface area (Å²) in [5.74, 6) is 1.53. The fourth-order valence-electron chi connectivity index (χ4n) is 3.14. The summed E-state index contributed by atoms with van der Waals surface area (Å²) in [5.41, 5.74) is 0.817. The molecule has 0 aromatic heterocycles. The molecule has 0 unspecified atom stereocenters. The number of carbonyl (C=O) groups excluding carboxylic acids is 1. The number of ether oxygens (including phenoxy) is 2. The van der Waals surface area contributed by atoms with Crippen molar-refractivity contribution >= 4 is 5.91 Å². The first-order valence-electron chi connectivity index (χ1n) is 9.25. The van der Waals surface area contributed by atoms with Crippen molar-refractivity contribution in [3.05, 3.63) is 29.8 Å². The molecule has 1 heterocycles. The molecule has 140 valence electrons. The van der Waals surface area contributed by atoms with Gasteiger partial charge in [0.05, 0.1) is 18.6 Å². The summed E-state index contributed by atoms with van der Waals surface area (Å²) in [6, 6.07) is 8.13. The Balaban J connectivity index is 1.79. The summed E-state index contributed by atoms with van der Waals surface area (Å²) < 4.78 is 11.0. The molecule has 0 bridgehead atoms. The number of hydrogen-bond donors (Lipinski definition) is 2. The van der Waals surface area contributed by atoms with Gasteiger partial charge in [-0.3, -0.25) is 4.79 Å². The number of amides is 1. The Morgan fingerprint density at radius 1 is 1.24 bits per heavy atom. The van der Waals surface area contributed by atoms with Gasteiger partial charge in [-0.2, -0.15) is 0 Å². The molecule has 0 radical (unpaired) electrons. The molecule has 1 aliphatic rings. The van der Waals surface area contributed by atoms with Gasteiger partial charge in [0, 0.05) is 13.7 Å². The maximum atomic E-state index is 12.7. The van der Waals surface area contributed by atoms with Crippen molar-refractivity contribution in [3.63, 3.8) is 0 Å². The number of hydrogen-bond acceptors (Lipinski definition) is 4. The molecule has 1 aromatic carbocycles. The third-order valence-electron chi connectivity index (χ3n) is 4.67. The maximum Gasteiger partial charge on any atom is 0.228 e. The van der Waals surface area contributed by atoms with Crippen LogP contribution in [0.5, 0.6) is 5.75 Å². The van der Waals surface area contributed by atoms with Crippen molar-refractivity contribution in [1.82, 2.24) is 10.6 Å². The topological polar surface area (TPSA) is 59.6 Å². The van der Waals surface area contributed by atoms with Crippen LogP contribution in [0.1, 0.15) is 32.3 Å². The van der Waals surface area contributed by atoms with Gasteiger partial charge in [0.25, 0.3) is 0 Å². The van der Waals surface area contributed by atoms with E-state index in [2.05, 4.69) is 36.6 Å². The molecule has 25 heavy (non-hydrogen) atoms. The smallest absolute Gasteiger partial charge is 0.228 e. The van der Waals surface area contributed by atoms with Gasteiger partial charge >= 0.3 is 0 Å². The SMILES string of the molecule is COCC1(C(=O)NCCc2ccc(OCC(C)C)cc2)CCNCC1. The highest BCUT2D eigenvalue weighted by Crippen LogP contribution is 2.29. The molecule has 0 atom stereocenters. The van der Waals surface area contributed by atoms with Gasteiger partial charge in [0.15, 0.2) is 0 Å². The van der Waals surface area contributed by atoms with Crippen LogP contribution in [-0.4, -0.2) is 45.9 Å². The summed E-state index contributed by atoms with van der Waals surface area (Å²) in [4.78, 5) is 12.7. The molecule has 0 saturated carbocycles. The van der Waals surface area contributed by atoms with Gasteiger partial charge in [-0.05, 0) is 56.0 Å². The zero-order valence-corrected chi connectivity index (χ0v) is 15.8. The lowest BCUT2D eigenvalue weighted by molar-refractivity contribution is -0.136. The second-order valence-electron chi connectivity index (χ2n) is 7.32. The van der Waals surface area contributed by atoms with Crippen LogP contribution in [0.2, 0.25) is 0 Å². The average molecular weight is 348 g/mol. The van der Waals surface area contributed by atoms with E-state index in [1.807, 2.05) is 12.1 Å². The molecule has 0 spiro atoms. The fraction of sp³-hybridized carbons (Fsp3) is 0.650. The van der Waals surface area contributed by atoms with Crippen LogP contribution in [-0.2, 0) is 16.0 Å². The predicted octanol–water partition coefficient (Wildman–Crippen LogP) is 2.40. The molecule has 1 fully saturated rings. The third-order valence-corrected chi connectivity index (χ3v) is 4.67. The fourth-order valence-corrected chi connectivity index (χ4v) is 3.14. The molecule has 2 N–H and O–H groups in total. The van der Waals surface area contributed by atoms with E-state index in [4.69, 9.17) is 9.47 Å². The normalized spacial score (nSPS) is 16.6. The Kier molecular flexibility index (Phi) is 7.72. The minimum absolute atomic E-state index is 0.118. The van der Waals surface area contributed by atoms with Crippen molar-refractivity contribution in [2.45, 2.75) is 33.1 Å². The second-order valence-corrected chi connectivity index (χ2v) is 7.32. The van der Waals surface area contributed by atoms with E-state index >= 15 is 0 Å². The number of piperidine rings is 1. The lowest BCUT2D eigenvalue weighted by Gasteiger charge is -2.35.